The normalized spacial score (nSPS) is 13.6. The lowest BCUT2D eigenvalue weighted by molar-refractivity contribution is 0.699. The zero-order valence-electron chi connectivity index (χ0n) is 10.1. The highest BCUT2D eigenvalue weighted by Gasteiger charge is 2.09. The van der Waals surface area contributed by atoms with Crippen molar-refractivity contribution in [2.24, 2.45) is 5.73 Å². The van der Waals surface area contributed by atoms with Gasteiger partial charge in [0.05, 0.1) is 11.0 Å². The van der Waals surface area contributed by atoms with Crippen LogP contribution in [0.2, 0.25) is 0 Å². The van der Waals surface area contributed by atoms with E-state index in [0.29, 0.717) is 5.92 Å². The highest BCUT2D eigenvalue weighted by atomic mass is 14.9. The Hall–Kier alpha value is -1.35. The van der Waals surface area contributed by atoms with Crippen molar-refractivity contribution in [3.8, 4) is 0 Å². The summed E-state index contributed by atoms with van der Waals surface area (Å²) in [5, 5.41) is 0. The number of aromatic amines is 1. The summed E-state index contributed by atoms with van der Waals surface area (Å²) < 4.78 is 0. The average molecular weight is 217 g/mol. The first-order valence-corrected chi connectivity index (χ1v) is 5.87. The van der Waals surface area contributed by atoms with Gasteiger partial charge in [0, 0.05) is 12.0 Å². The lowest BCUT2D eigenvalue weighted by atomic mass is 10.1. The van der Waals surface area contributed by atoms with Crippen LogP contribution in [0.3, 0.4) is 0 Å². The van der Waals surface area contributed by atoms with Crippen molar-refractivity contribution in [1.29, 1.82) is 0 Å². The first kappa shape index (κ1) is 11.1. The monoisotopic (exact) mass is 217 g/mol. The predicted octanol–water partition coefficient (Wildman–Crippen LogP) is 3.10. The van der Waals surface area contributed by atoms with Gasteiger partial charge in [-0.2, -0.15) is 0 Å². The fourth-order valence-electron chi connectivity index (χ4n) is 1.79. The van der Waals surface area contributed by atoms with E-state index in [4.69, 9.17) is 5.73 Å². The maximum absolute atomic E-state index is 6.02. The molecule has 3 heteroatoms. The van der Waals surface area contributed by atoms with Gasteiger partial charge in [-0.1, -0.05) is 26.8 Å². The number of nitrogens with zero attached hydrogens (tertiary/aromatic N) is 1. The molecule has 1 aromatic carbocycles. The van der Waals surface area contributed by atoms with Crippen LogP contribution in [0.25, 0.3) is 11.0 Å². The molecule has 2 aromatic rings. The van der Waals surface area contributed by atoms with Crippen molar-refractivity contribution in [2.75, 3.05) is 0 Å². The van der Waals surface area contributed by atoms with Gasteiger partial charge in [0.2, 0.25) is 0 Å². The van der Waals surface area contributed by atoms with Crippen molar-refractivity contribution in [1.82, 2.24) is 9.97 Å². The molecule has 0 bridgehead atoms. The number of hydrogen-bond donors (Lipinski definition) is 2. The van der Waals surface area contributed by atoms with E-state index in [1.54, 1.807) is 0 Å². The van der Waals surface area contributed by atoms with E-state index in [0.717, 1.165) is 23.3 Å². The number of hydrogen-bond acceptors (Lipinski definition) is 2. The van der Waals surface area contributed by atoms with E-state index >= 15 is 0 Å². The van der Waals surface area contributed by atoms with Crippen LogP contribution >= 0.6 is 0 Å². The van der Waals surface area contributed by atoms with Crippen LogP contribution in [0.1, 0.15) is 50.5 Å². The van der Waals surface area contributed by atoms with Crippen LogP contribution in [0.15, 0.2) is 18.2 Å². The summed E-state index contributed by atoms with van der Waals surface area (Å²) in [7, 11) is 0. The van der Waals surface area contributed by atoms with Crippen LogP contribution in [0.5, 0.6) is 0 Å². The Bertz CT molecular complexity index is 485. The van der Waals surface area contributed by atoms with Gasteiger partial charge in [-0.05, 0) is 24.1 Å². The van der Waals surface area contributed by atoms with Gasteiger partial charge >= 0.3 is 0 Å². The predicted molar refractivity (Wildman–Crippen MR) is 67.4 cm³/mol. The summed E-state index contributed by atoms with van der Waals surface area (Å²) in [5.74, 6) is 1.47. The molecule has 1 aromatic heterocycles. The molecule has 16 heavy (non-hydrogen) atoms. The SMILES string of the molecule is CCC(N)c1ccc2nc(C(C)C)[nH]c2c1. The number of aromatic nitrogens is 2. The quantitative estimate of drug-likeness (QED) is 0.830. The molecule has 0 radical (unpaired) electrons. The molecule has 0 saturated carbocycles. The molecule has 86 valence electrons. The second-order valence-electron chi connectivity index (χ2n) is 4.57. The number of nitrogens with one attached hydrogen (secondary N) is 1. The Balaban J connectivity index is 2.45. The lowest BCUT2D eigenvalue weighted by Crippen LogP contribution is -2.08. The fourth-order valence-corrected chi connectivity index (χ4v) is 1.79. The van der Waals surface area contributed by atoms with Crippen LogP contribution in [-0.2, 0) is 0 Å². The van der Waals surface area contributed by atoms with Gasteiger partial charge < -0.3 is 10.7 Å². The second-order valence-corrected chi connectivity index (χ2v) is 4.57. The summed E-state index contributed by atoms with van der Waals surface area (Å²) in [5.41, 5.74) is 9.30. The molecule has 0 fully saturated rings. The van der Waals surface area contributed by atoms with Gasteiger partial charge in [-0.25, -0.2) is 4.98 Å². The van der Waals surface area contributed by atoms with Crippen molar-refractivity contribution in [3.05, 3.63) is 29.6 Å². The van der Waals surface area contributed by atoms with Crippen molar-refractivity contribution >= 4 is 11.0 Å². The molecule has 0 aliphatic rings. The molecule has 1 heterocycles. The van der Waals surface area contributed by atoms with E-state index in [9.17, 15) is 0 Å². The van der Waals surface area contributed by atoms with E-state index in [1.165, 1.54) is 5.56 Å². The molecule has 0 saturated heterocycles. The van der Waals surface area contributed by atoms with E-state index in [1.807, 2.05) is 6.07 Å². The van der Waals surface area contributed by atoms with Gasteiger partial charge in [0.15, 0.2) is 0 Å². The smallest absolute Gasteiger partial charge is 0.109 e. The van der Waals surface area contributed by atoms with Gasteiger partial charge in [-0.3, -0.25) is 0 Å². The molecule has 3 N–H and O–H groups in total. The summed E-state index contributed by atoms with van der Waals surface area (Å²) in [6, 6.07) is 6.35. The number of imidazole rings is 1. The van der Waals surface area contributed by atoms with Gasteiger partial charge in [0.25, 0.3) is 0 Å². The fraction of sp³-hybridized carbons (Fsp3) is 0.462. The first-order valence-electron chi connectivity index (χ1n) is 5.87. The average Bonchev–Trinajstić information content (AvgIpc) is 2.70. The first-order chi connectivity index (χ1) is 7.61. The zero-order valence-corrected chi connectivity index (χ0v) is 10.1. The highest BCUT2D eigenvalue weighted by Crippen LogP contribution is 2.21. The highest BCUT2D eigenvalue weighted by molar-refractivity contribution is 5.76. The third kappa shape index (κ3) is 1.95. The number of fused-ring (bicyclic) bond motifs is 1. The molecule has 0 spiro atoms. The Kier molecular flexibility index (Phi) is 2.97. The Morgan fingerprint density at radius 2 is 2.12 bits per heavy atom. The molecule has 0 aliphatic carbocycles. The minimum Gasteiger partial charge on any atom is -0.342 e. The molecule has 1 atom stereocenters. The Morgan fingerprint density at radius 1 is 1.38 bits per heavy atom. The number of H-pyrrole nitrogens is 1. The zero-order chi connectivity index (χ0) is 11.7. The molecule has 0 amide bonds. The van der Waals surface area contributed by atoms with Crippen LogP contribution in [-0.4, -0.2) is 9.97 Å². The van der Waals surface area contributed by atoms with Crippen molar-refractivity contribution < 1.29 is 0 Å². The molecular formula is C13H19N3. The molecule has 1 unspecified atom stereocenters. The number of benzene rings is 1. The Labute approximate surface area is 96.1 Å². The molecule has 2 rings (SSSR count). The minimum atomic E-state index is 0.121. The number of rotatable bonds is 3. The standard InChI is InChI=1S/C13H19N3/c1-4-10(14)9-5-6-11-12(7-9)16-13(15-11)8(2)3/h5-8,10H,4,14H2,1-3H3,(H,15,16). The maximum Gasteiger partial charge on any atom is 0.109 e. The molecular weight excluding hydrogens is 198 g/mol. The summed E-state index contributed by atoms with van der Waals surface area (Å²) in [6.45, 7) is 6.37. The van der Waals surface area contributed by atoms with E-state index in [-0.39, 0.29) is 6.04 Å². The maximum atomic E-state index is 6.02. The third-order valence-electron chi connectivity index (χ3n) is 2.94. The van der Waals surface area contributed by atoms with E-state index < -0.39 is 0 Å². The van der Waals surface area contributed by atoms with E-state index in [2.05, 4.69) is 42.9 Å². The van der Waals surface area contributed by atoms with Crippen LogP contribution < -0.4 is 5.73 Å². The van der Waals surface area contributed by atoms with Crippen LogP contribution in [0, 0.1) is 0 Å². The summed E-state index contributed by atoms with van der Waals surface area (Å²) >= 11 is 0. The van der Waals surface area contributed by atoms with Crippen molar-refractivity contribution in [2.45, 2.75) is 39.2 Å². The third-order valence-corrected chi connectivity index (χ3v) is 2.94. The molecule has 3 nitrogen and oxygen atoms in total. The van der Waals surface area contributed by atoms with Crippen molar-refractivity contribution in [3.63, 3.8) is 0 Å². The van der Waals surface area contributed by atoms with Gasteiger partial charge in [0.1, 0.15) is 5.82 Å². The summed E-state index contributed by atoms with van der Waals surface area (Å²) in [4.78, 5) is 7.89. The Morgan fingerprint density at radius 3 is 2.75 bits per heavy atom. The van der Waals surface area contributed by atoms with Crippen LogP contribution in [0.4, 0.5) is 0 Å². The molecule has 0 aliphatic heterocycles. The van der Waals surface area contributed by atoms with Gasteiger partial charge in [-0.15, -0.1) is 0 Å². The largest absolute Gasteiger partial charge is 0.342 e. The topological polar surface area (TPSA) is 54.7 Å². The number of nitrogens with two attached hydrogens (primary N) is 1. The minimum absolute atomic E-state index is 0.121. The lowest BCUT2D eigenvalue weighted by Gasteiger charge is -2.08. The second kappa shape index (κ2) is 4.26. The summed E-state index contributed by atoms with van der Waals surface area (Å²) in [6.07, 6.45) is 0.955.